The van der Waals surface area contributed by atoms with Gasteiger partial charge in [0.25, 0.3) is 0 Å². The van der Waals surface area contributed by atoms with E-state index in [0.29, 0.717) is 42.8 Å². The SMILES string of the molecule is COCCCOCCOc1cccc(Cl)c1CO. The van der Waals surface area contributed by atoms with Crippen LogP contribution in [0.2, 0.25) is 5.02 Å². The predicted molar refractivity (Wildman–Crippen MR) is 70.2 cm³/mol. The zero-order valence-corrected chi connectivity index (χ0v) is 11.3. The van der Waals surface area contributed by atoms with Crippen LogP contribution in [0.4, 0.5) is 0 Å². The number of hydrogen-bond donors (Lipinski definition) is 1. The van der Waals surface area contributed by atoms with Crippen LogP contribution in [0.1, 0.15) is 12.0 Å². The number of halogens is 1. The van der Waals surface area contributed by atoms with Crippen LogP contribution in [0.25, 0.3) is 0 Å². The number of aliphatic hydroxyl groups excluding tert-OH is 1. The zero-order valence-electron chi connectivity index (χ0n) is 10.5. The van der Waals surface area contributed by atoms with Crippen molar-refractivity contribution < 1.29 is 19.3 Å². The van der Waals surface area contributed by atoms with Crippen molar-refractivity contribution in [3.05, 3.63) is 28.8 Å². The summed E-state index contributed by atoms with van der Waals surface area (Å²) < 4.78 is 15.8. The maximum absolute atomic E-state index is 9.19. The van der Waals surface area contributed by atoms with Crippen molar-refractivity contribution in [1.82, 2.24) is 0 Å². The maximum Gasteiger partial charge on any atom is 0.126 e. The quantitative estimate of drug-likeness (QED) is 0.702. The summed E-state index contributed by atoms with van der Waals surface area (Å²) in [4.78, 5) is 0. The highest BCUT2D eigenvalue weighted by Gasteiger charge is 2.06. The van der Waals surface area contributed by atoms with Crippen LogP contribution in [-0.2, 0) is 16.1 Å². The van der Waals surface area contributed by atoms with E-state index in [2.05, 4.69) is 0 Å². The summed E-state index contributed by atoms with van der Waals surface area (Å²) in [6.45, 7) is 2.15. The predicted octanol–water partition coefficient (Wildman–Crippen LogP) is 2.26. The minimum atomic E-state index is -0.135. The summed E-state index contributed by atoms with van der Waals surface area (Å²) in [7, 11) is 1.67. The second-order valence-corrected chi connectivity index (χ2v) is 4.09. The second kappa shape index (κ2) is 9.16. The summed E-state index contributed by atoms with van der Waals surface area (Å²) in [6.07, 6.45) is 0.871. The summed E-state index contributed by atoms with van der Waals surface area (Å²) in [5.74, 6) is 0.602. The van der Waals surface area contributed by atoms with Gasteiger partial charge in [0.1, 0.15) is 12.4 Å². The van der Waals surface area contributed by atoms with E-state index < -0.39 is 0 Å². The van der Waals surface area contributed by atoms with E-state index in [0.717, 1.165) is 6.42 Å². The molecule has 0 heterocycles. The van der Waals surface area contributed by atoms with Gasteiger partial charge in [-0.25, -0.2) is 0 Å². The van der Waals surface area contributed by atoms with E-state index in [1.54, 1.807) is 25.3 Å². The first kappa shape index (κ1) is 15.2. The van der Waals surface area contributed by atoms with Crippen molar-refractivity contribution in [2.75, 3.05) is 33.5 Å². The van der Waals surface area contributed by atoms with Crippen molar-refractivity contribution in [1.29, 1.82) is 0 Å². The number of rotatable bonds is 9. The standard InChI is InChI=1S/C13H19ClO4/c1-16-6-3-7-17-8-9-18-13-5-2-4-12(14)11(13)10-15/h2,4-5,15H,3,6-10H2,1H3. The van der Waals surface area contributed by atoms with Gasteiger partial charge in [0.05, 0.1) is 13.2 Å². The Morgan fingerprint density at radius 1 is 1.17 bits per heavy atom. The van der Waals surface area contributed by atoms with Gasteiger partial charge >= 0.3 is 0 Å². The van der Waals surface area contributed by atoms with Crippen molar-refractivity contribution >= 4 is 11.6 Å². The molecule has 0 atom stereocenters. The number of hydrogen-bond acceptors (Lipinski definition) is 4. The summed E-state index contributed by atoms with van der Waals surface area (Å²) >= 11 is 5.94. The van der Waals surface area contributed by atoms with Gasteiger partial charge in [-0.15, -0.1) is 0 Å². The first-order chi connectivity index (χ1) is 8.79. The average molecular weight is 275 g/mol. The highest BCUT2D eigenvalue weighted by molar-refractivity contribution is 6.31. The first-order valence-corrected chi connectivity index (χ1v) is 6.25. The van der Waals surface area contributed by atoms with Crippen molar-refractivity contribution in [2.45, 2.75) is 13.0 Å². The number of methoxy groups -OCH3 is 1. The van der Waals surface area contributed by atoms with Gasteiger partial charge in [0, 0.05) is 30.9 Å². The molecule has 0 aliphatic heterocycles. The van der Waals surface area contributed by atoms with Crippen molar-refractivity contribution in [3.8, 4) is 5.75 Å². The van der Waals surface area contributed by atoms with Gasteiger partial charge < -0.3 is 19.3 Å². The fourth-order valence-corrected chi connectivity index (χ4v) is 1.67. The van der Waals surface area contributed by atoms with Gasteiger partial charge in [0.15, 0.2) is 0 Å². The molecule has 0 saturated carbocycles. The number of aliphatic hydroxyl groups is 1. The molecule has 0 fully saturated rings. The minimum Gasteiger partial charge on any atom is -0.491 e. The molecule has 0 aliphatic carbocycles. The molecular formula is C13H19ClO4. The van der Waals surface area contributed by atoms with Crippen LogP contribution in [0.3, 0.4) is 0 Å². The summed E-state index contributed by atoms with van der Waals surface area (Å²) in [5, 5.41) is 9.70. The molecule has 0 radical (unpaired) electrons. The van der Waals surface area contributed by atoms with E-state index in [1.165, 1.54) is 0 Å². The lowest BCUT2D eigenvalue weighted by molar-refractivity contribution is 0.0800. The maximum atomic E-state index is 9.19. The third-order valence-corrected chi connectivity index (χ3v) is 2.71. The van der Waals surface area contributed by atoms with Gasteiger partial charge in [-0.3, -0.25) is 0 Å². The largest absolute Gasteiger partial charge is 0.491 e. The molecule has 0 aromatic heterocycles. The van der Waals surface area contributed by atoms with Gasteiger partial charge in [-0.1, -0.05) is 17.7 Å². The van der Waals surface area contributed by atoms with Crippen LogP contribution in [-0.4, -0.2) is 38.6 Å². The molecular weight excluding hydrogens is 256 g/mol. The normalized spacial score (nSPS) is 10.6. The molecule has 0 amide bonds. The first-order valence-electron chi connectivity index (χ1n) is 5.87. The molecule has 0 saturated heterocycles. The third-order valence-electron chi connectivity index (χ3n) is 2.36. The lowest BCUT2D eigenvalue weighted by atomic mass is 10.2. The van der Waals surface area contributed by atoms with Crippen LogP contribution in [0.5, 0.6) is 5.75 Å². The Labute approximate surface area is 112 Å². The molecule has 5 heteroatoms. The van der Waals surface area contributed by atoms with Gasteiger partial charge in [-0.05, 0) is 18.6 Å². The smallest absolute Gasteiger partial charge is 0.126 e. The molecule has 1 aromatic rings. The topological polar surface area (TPSA) is 47.9 Å². The lowest BCUT2D eigenvalue weighted by Crippen LogP contribution is -2.09. The Morgan fingerprint density at radius 2 is 2.00 bits per heavy atom. The van der Waals surface area contributed by atoms with E-state index in [-0.39, 0.29) is 6.61 Å². The van der Waals surface area contributed by atoms with Gasteiger partial charge in [-0.2, -0.15) is 0 Å². The summed E-state index contributed by atoms with van der Waals surface area (Å²) in [6, 6.07) is 5.29. The zero-order chi connectivity index (χ0) is 13.2. The van der Waals surface area contributed by atoms with Gasteiger partial charge in [0.2, 0.25) is 0 Å². The fraction of sp³-hybridized carbons (Fsp3) is 0.538. The Morgan fingerprint density at radius 3 is 2.72 bits per heavy atom. The third kappa shape index (κ3) is 5.23. The molecule has 4 nitrogen and oxygen atoms in total. The Balaban J connectivity index is 2.25. The molecule has 0 unspecified atom stereocenters. The monoisotopic (exact) mass is 274 g/mol. The van der Waals surface area contributed by atoms with E-state index in [4.69, 9.17) is 25.8 Å². The fourth-order valence-electron chi connectivity index (χ4n) is 1.45. The highest BCUT2D eigenvalue weighted by Crippen LogP contribution is 2.26. The molecule has 1 aromatic carbocycles. The van der Waals surface area contributed by atoms with E-state index in [9.17, 15) is 5.11 Å². The average Bonchev–Trinajstić information content (AvgIpc) is 2.38. The highest BCUT2D eigenvalue weighted by atomic mass is 35.5. The van der Waals surface area contributed by atoms with Crippen LogP contribution in [0.15, 0.2) is 18.2 Å². The Hall–Kier alpha value is -0.810. The Kier molecular flexibility index (Phi) is 7.76. The number of ether oxygens (including phenoxy) is 3. The molecule has 1 N–H and O–H groups in total. The lowest BCUT2D eigenvalue weighted by Gasteiger charge is -2.11. The van der Waals surface area contributed by atoms with Crippen LogP contribution >= 0.6 is 11.6 Å². The van der Waals surface area contributed by atoms with Crippen LogP contribution < -0.4 is 4.74 Å². The molecule has 0 aliphatic rings. The van der Waals surface area contributed by atoms with E-state index in [1.807, 2.05) is 0 Å². The van der Waals surface area contributed by atoms with E-state index >= 15 is 0 Å². The second-order valence-electron chi connectivity index (χ2n) is 3.68. The molecule has 1 rings (SSSR count). The number of benzene rings is 1. The van der Waals surface area contributed by atoms with Crippen molar-refractivity contribution in [3.63, 3.8) is 0 Å². The molecule has 102 valence electrons. The molecule has 18 heavy (non-hydrogen) atoms. The minimum absolute atomic E-state index is 0.135. The van der Waals surface area contributed by atoms with Crippen LogP contribution in [0, 0.1) is 0 Å². The Bertz CT molecular complexity index is 344. The molecule has 0 bridgehead atoms. The molecule has 0 spiro atoms. The van der Waals surface area contributed by atoms with Crippen molar-refractivity contribution in [2.24, 2.45) is 0 Å². The summed E-state index contributed by atoms with van der Waals surface area (Å²) in [5.41, 5.74) is 0.610.